The summed E-state index contributed by atoms with van der Waals surface area (Å²) in [7, 11) is 1.43. The minimum Gasteiger partial charge on any atom is -0.504 e. The molecule has 0 saturated heterocycles. The summed E-state index contributed by atoms with van der Waals surface area (Å²) in [5, 5.41) is 12.1. The first-order valence-corrected chi connectivity index (χ1v) is 6.43. The van der Waals surface area contributed by atoms with Crippen molar-refractivity contribution in [2.45, 2.75) is 19.9 Å². The highest BCUT2D eigenvalue weighted by Gasteiger charge is 2.06. The third-order valence-electron chi connectivity index (χ3n) is 2.41. The summed E-state index contributed by atoms with van der Waals surface area (Å²) < 4.78 is 9.74. The largest absolute Gasteiger partial charge is 0.504 e. The van der Waals surface area contributed by atoms with Crippen molar-refractivity contribution < 1.29 is 24.2 Å². The van der Waals surface area contributed by atoms with Crippen molar-refractivity contribution in [1.82, 2.24) is 5.32 Å². The van der Waals surface area contributed by atoms with Crippen molar-refractivity contribution >= 4 is 18.0 Å². The maximum Gasteiger partial charge on any atom is 0.331 e. The van der Waals surface area contributed by atoms with E-state index in [-0.39, 0.29) is 24.3 Å². The topological polar surface area (TPSA) is 84.9 Å². The average Bonchev–Trinajstić information content (AvgIpc) is 2.43. The number of aromatic hydroxyl groups is 1. The van der Waals surface area contributed by atoms with Crippen molar-refractivity contribution in [3.8, 4) is 11.5 Å². The first kappa shape index (κ1) is 16.6. The predicted octanol–water partition coefficient (Wildman–Crippen LogP) is 1.48. The second kappa shape index (κ2) is 7.94. The van der Waals surface area contributed by atoms with Gasteiger partial charge in [-0.1, -0.05) is 6.07 Å². The van der Waals surface area contributed by atoms with E-state index in [4.69, 9.17) is 9.47 Å². The molecular weight excluding hydrogens is 274 g/mol. The molecule has 0 heterocycles. The van der Waals surface area contributed by atoms with Crippen LogP contribution in [0.2, 0.25) is 0 Å². The number of carbonyl (C=O) groups excluding carboxylic acids is 2. The quantitative estimate of drug-likeness (QED) is 0.613. The monoisotopic (exact) mass is 293 g/mol. The molecule has 21 heavy (non-hydrogen) atoms. The number of esters is 1. The van der Waals surface area contributed by atoms with Crippen molar-refractivity contribution in [2.24, 2.45) is 0 Å². The molecule has 0 unspecified atom stereocenters. The molecule has 0 atom stereocenters. The fraction of sp³-hybridized carbons (Fsp3) is 0.333. The van der Waals surface area contributed by atoms with Gasteiger partial charge in [0.1, 0.15) is 0 Å². The van der Waals surface area contributed by atoms with E-state index in [0.29, 0.717) is 11.3 Å². The van der Waals surface area contributed by atoms with Crippen LogP contribution in [0, 0.1) is 0 Å². The van der Waals surface area contributed by atoms with E-state index in [2.05, 4.69) is 5.32 Å². The molecule has 0 bridgehead atoms. The Bertz CT molecular complexity index is 537. The molecule has 0 aliphatic carbocycles. The number of phenols is 1. The lowest BCUT2D eigenvalue weighted by Gasteiger charge is -2.07. The Kier molecular flexibility index (Phi) is 6.26. The van der Waals surface area contributed by atoms with Crippen LogP contribution in [0.4, 0.5) is 0 Å². The van der Waals surface area contributed by atoms with Crippen LogP contribution in [0.25, 0.3) is 6.08 Å². The van der Waals surface area contributed by atoms with Crippen molar-refractivity contribution in [3.05, 3.63) is 29.8 Å². The summed E-state index contributed by atoms with van der Waals surface area (Å²) in [5.74, 6) is -0.650. The smallest absolute Gasteiger partial charge is 0.331 e. The number of nitrogens with one attached hydrogen (secondary N) is 1. The number of rotatable bonds is 6. The van der Waals surface area contributed by atoms with Gasteiger partial charge in [0.2, 0.25) is 0 Å². The molecule has 0 aromatic heterocycles. The minimum absolute atomic E-state index is 0.00351. The van der Waals surface area contributed by atoms with Gasteiger partial charge in [-0.2, -0.15) is 0 Å². The third-order valence-corrected chi connectivity index (χ3v) is 2.41. The van der Waals surface area contributed by atoms with Crippen LogP contribution >= 0.6 is 0 Å². The van der Waals surface area contributed by atoms with Gasteiger partial charge in [-0.3, -0.25) is 4.79 Å². The highest BCUT2D eigenvalue weighted by Crippen LogP contribution is 2.26. The molecule has 0 fully saturated rings. The van der Waals surface area contributed by atoms with Gasteiger partial charge in [0.25, 0.3) is 5.91 Å². The third kappa shape index (κ3) is 5.99. The number of amides is 1. The molecule has 114 valence electrons. The molecule has 6 nitrogen and oxygen atoms in total. The highest BCUT2D eigenvalue weighted by molar-refractivity contribution is 5.89. The molecule has 0 aliphatic rings. The fourth-order valence-electron chi connectivity index (χ4n) is 1.51. The van der Waals surface area contributed by atoms with E-state index in [9.17, 15) is 14.7 Å². The standard InChI is InChI=1S/C15H19NO5/c1-10(2)16-14(18)9-21-15(19)7-5-11-4-6-12(17)13(8-11)20-3/h4-8,10,17H,9H2,1-3H3,(H,16,18)/b7-5+. The molecular formula is C15H19NO5. The number of hydrogen-bond donors (Lipinski definition) is 2. The van der Waals surface area contributed by atoms with Crippen molar-refractivity contribution in [2.75, 3.05) is 13.7 Å². The molecule has 0 saturated carbocycles. The molecule has 1 rings (SSSR count). The molecule has 2 N–H and O–H groups in total. The van der Waals surface area contributed by atoms with Gasteiger partial charge in [-0.25, -0.2) is 4.79 Å². The number of methoxy groups -OCH3 is 1. The van der Waals surface area contributed by atoms with Gasteiger partial charge in [-0.15, -0.1) is 0 Å². The Morgan fingerprint density at radius 2 is 2.10 bits per heavy atom. The second-order valence-electron chi connectivity index (χ2n) is 4.59. The number of benzene rings is 1. The van der Waals surface area contributed by atoms with E-state index in [1.165, 1.54) is 25.3 Å². The van der Waals surface area contributed by atoms with Gasteiger partial charge < -0.3 is 19.9 Å². The van der Waals surface area contributed by atoms with Crippen LogP contribution in [0.15, 0.2) is 24.3 Å². The summed E-state index contributed by atoms with van der Waals surface area (Å²) in [4.78, 5) is 22.8. The lowest BCUT2D eigenvalue weighted by atomic mass is 10.2. The molecule has 1 aromatic carbocycles. The highest BCUT2D eigenvalue weighted by atomic mass is 16.5. The van der Waals surface area contributed by atoms with Gasteiger partial charge in [-0.05, 0) is 37.6 Å². The summed E-state index contributed by atoms with van der Waals surface area (Å²) in [6, 6.07) is 4.65. The normalized spacial score (nSPS) is 10.7. The maximum absolute atomic E-state index is 11.5. The molecule has 6 heteroatoms. The van der Waals surface area contributed by atoms with Crippen LogP contribution < -0.4 is 10.1 Å². The number of hydrogen-bond acceptors (Lipinski definition) is 5. The summed E-state index contributed by atoms with van der Waals surface area (Å²) in [6.45, 7) is 3.32. The molecule has 0 spiro atoms. The van der Waals surface area contributed by atoms with E-state index < -0.39 is 5.97 Å². The van der Waals surface area contributed by atoms with Gasteiger partial charge >= 0.3 is 5.97 Å². The first-order valence-electron chi connectivity index (χ1n) is 6.43. The first-order chi connectivity index (χ1) is 9.92. The van der Waals surface area contributed by atoms with Crippen LogP contribution in [0.5, 0.6) is 11.5 Å². The number of carbonyl (C=O) groups is 2. The van der Waals surface area contributed by atoms with E-state index in [1.54, 1.807) is 12.1 Å². The zero-order chi connectivity index (χ0) is 15.8. The molecule has 0 aliphatic heterocycles. The van der Waals surface area contributed by atoms with Crippen LogP contribution in [-0.2, 0) is 14.3 Å². The van der Waals surface area contributed by atoms with Crippen molar-refractivity contribution in [1.29, 1.82) is 0 Å². The Morgan fingerprint density at radius 1 is 1.38 bits per heavy atom. The fourth-order valence-corrected chi connectivity index (χ4v) is 1.51. The SMILES string of the molecule is COc1cc(/C=C/C(=O)OCC(=O)NC(C)C)ccc1O. The Morgan fingerprint density at radius 3 is 2.71 bits per heavy atom. The zero-order valence-electron chi connectivity index (χ0n) is 12.3. The van der Waals surface area contributed by atoms with E-state index in [0.717, 1.165) is 0 Å². The predicted molar refractivity (Wildman–Crippen MR) is 77.9 cm³/mol. The minimum atomic E-state index is -0.624. The summed E-state index contributed by atoms with van der Waals surface area (Å²) in [5.41, 5.74) is 0.660. The Labute approximate surface area is 123 Å². The van der Waals surface area contributed by atoms with Crippen LogP contribution in [0.3, 0.4) is 0 Å². The van der Waals surface area contributed by atoms with Crippen LogP contribution in [-0.4, -0.2) is 36.7 Å². The van der Waals surface area contributed by atoms with Crippen LogP contribution in [0.1, 0.15) is 19.4 Å². The Hall–Kier alpha value is -2.50. The van der Waals surface area contributed by atoms with E-state index in [1.807, 2.05) is 13.8 Å². The lowest BCUT2D eigenvalue weighted by molar-refractivity contribution is -0.143. The van der Waals surface area contributed by atoms with Gasteiger partial charge in [0.05, 0.1) is 7.11 Å². The van der Waals surface area contributed by atoms with Crippen molar-refractivity contribution in [3.63, 3.8) is 0 Å². The maximum atomic E-state index is 11.5. The molecule has 1 amide bonds. The molecule has 1 aromatic rings. The lowest BCUT2D eigenvalue weighted by Crippen LogP contribution is -2.33. The van der Waals surface area contributed by atoms with Gasteiger partial charge in [0.15, 0.2) is 18.1 Å². The van der Waals surface area contributed by atoms with Gasteiger partial charge in [0, 0.05) is 12.1 Å². The summed E-state index contributed by atoms with van der Waals surface area (Å²) in [6.07, 6.45) is 2.71. The number of phenolic OH excluding ortho intramolecular Hbond substituents is 1. The zero-order valence-corrected chi connectivity index (χ0v) is 12.3. The summed E-state index contributed by atoms with van der Waals surface area (Å²) >= 11 is 0. The Balaban J connectivity index is 2.52. The second-order valence-corrected chi connectivity index (χ2v) is 4.59. The van der Waals surface area contributed by atoms with E-state index >= 15 is 0 Å². The average molecular weight is 293 g/mol. The molecule has 0 radical (unpaired) electrons. The number of ether oxygens (including phenoxy) is 2.